The number of benzene rings is 1. The molecule has 6 nitrogen and oxygen atoms in total. The van der Waals surface area contributed by atoms with Crippen molar-refractivity contribution >= 4 is 11.8 Å². The van der Waals surface area contributed by atoms with Crippen LogP contribution in [0.3, 0.4) is 0 Å². The van der Waals surface area contributed by atoms with Crippen molar-refractivity contribution in [3.8, 4) is 0 Å². The quantitative estimate of drug-likeness (QED) is 0.480. The normalized spacial score (nSPS) is 20.5. The monoisotopic (exact) mass is 438 g/mol. The third-order valence-corrected chi connectivity index (χ3v) is 7.39. The number of ether oxygens (including phenoxy) is 1. The van der Waals surface area contributed by atoms with E-state index in [0.717, 1.165) is 68.8 Å². The van der Waals surface area contributed by atoms with Crippen LogP contribution in [0.2, 0.25) is 0 Å². The van der Waals surface area contributed by atoms with Crippen molar-refractivity contribution in [2.75, 3.05) is 25.4 Å². The van der Waals surface area contributed by atoms with Gasteiger partial charge < -0.3 is 13.7 Å². The Morgan fingerprint density at radius 3 is 2.58 bits per heavy atom. The fourth-order valence-electron chi connectivity index (χ4n) is 4.56. The molecule has 2 aromatic heterocycles. The van der Waals surface area contributed by atoms with Crippen LogP contribution < -0.4 is 0 Å². The van der Waals surface area contributed by atoms with Gasteiger partial charge >= 0.3 is 0 Å². The van der Waals surface area contributed by atoms with Gasteiger partial charge in [0.25, 0.3) is 0 Å². The number of hydrogen-bond acceptors (Lipinski definition) is 6. The molecule has 1 atom stereocenters. The van der Waals surface area contributed by atoms with Crippen LogP contribution in [0.4, 0.5) is 0 Å². The Labute approximate surface area is 188 Å². The topological polar surface area (TPSA) is 56.3 Å². The maximum atomic E-state index is 5.82. The summed E-state index contributed by atoms with van der Waals surface area (Å²) in [6.07, 6.45) is 8.50. The number of aromatic nitrogens is 3. The second-order valence-electron chi connectivity index (χ2n) is 8.54. The number of thioether (sulfide) groups is 1. The second kappa shape index (κ2) is 10.0. The second-order valence-corrected chi connectivity index (χ2v) is 9.53. The van der Waals surface area contributed by atoms with Gasteiger partial charge in [-0.1, -0.05) is 42.1 Å². The molecule has 3 aromatic rings. The van der Waals surface area contributed by atoms with E-state index in [4.69, 9.17) is 14.3 Å². The first-order valence-electron chi connectivity index (χ1n) is 11.3. The van der Waals surface area contributed by atoms with E-state index in [1.165, 1.54) is 17.5 Å². The maximum absolute atomic E-state index is 5.82. The zero-order valence-electron chi connectivity index (χ0n) is 17.9. The molecule has 2 saturated heterocycles. The summed E-state index contributed by atoms with van der Waals surface area (Å²) in [4.78, 5) is 2.51. The predicted molar refractivity (Wildman–Crippen MR) is 121 cm³/mol. The van der Waals surface area contributed by atoms with Crippen molar-refractivity contribution in [2.45, 2.75) is 56.0 Å². The van der Waals surface area contributed by atoms with E-state index in [1.54, 1.807) is 18.0 Å². The smallest absolute Gasteiger partial charge is 0.191 e. The average Bonchev–Trinajstić information content (AvgIpc) is 3.57. The Bertz CT molecular complexity index is 930. The van der Waals surface area contributed by atoms with Gasteiger partial charge in [0, 0.05) is 30.4 Å². The van der Waals surface area contributed by atoms with Gasteiger partial charge in [-0.15, -0.1) is 10.2 Å². The molecule has 1 unspecified atom stereocenters. The third kappa shape index (κ3) is 5.22. The van der Waals surface area contributed by atoms with Crippen LogP contribution in [-0.4, -0.2) is 51.2 Å². The Kier molecular flexibility index (Phi) is 6.72. The van der Waals surface area contributed by atoms with Crippen molar-refractivity contribution in [1.29, 1.82) is 0 Å². The van der Waals surface area contributed by atoms with E-state index < -0.39 is 0 Å². The summed E-state index contributed by atoms with van der Waals surface area (Å²) in [6, 6.07) is 12.7. The Morgan fingerprint density at radius 1 is 0.968 bits per heavy atom. The molecule has 2 aliphatic heterocycles. The number of nitrogens with zero attached hydrogens (tertiary/aromatic N) is 4. The predicted octanol–water partition coefficient (Wildman–Crippen LogP) is 4.57. The number of furan rings is 1. The van der Waals surface area contributed by atoms with Gasteiger partial charge in [-0.05, 0) is 50.4 Å². The van der Waals surface area contributed by atoms with Gasteiger partial charge in [0.2, 0.25) is 0 Å². The van der Waals surface area contributed by atoms with Crippen molar-refractivity contribution in [1.82, 2.24) is 19.7 Å². The zero-order chi connectivity index (χ0) is 20.9. The molecule has 0 bridgehead atoms. The minimum absolute atomic E-state index is 0.349. The molecule has 2 aliphatic rings. The lowest BCUT2D eigenvalue weighted by Crippen LogP contribution is -2.33. The molecule has 7 heteroatoms. The number of rotatable bonds is 8. The van der Waals surface area contributed by atoms with Crippen molar-refractivity contribution < 1.29 is 9.15 Å². The highest BCUT2D eigenvalue weighted by molar-refractivity contribution is 7.99. The van der Waals surface area contributed by atoms with Crippen molar-refractivity contribution in [2.24, 2.45) is 0 Å². The molecular weight excluding hydrogens is 408 g/mol. The minimum atomic E-state index is 0.349. The first kappa shape index (κ1) is 20.8. The van der Waals surface area contributed by atoms with Crippen LogP contribution in [0.1, 0.15) is 48.6 Å². The standard InChI is InChI=1S/C24H30N4O2S/c1-2-5-19(6-3-1)16-28-23(25-26-24(28)31-18-22-7-4-13-30-22)21-8-11-27(12-9-21)15-20-10-14-29-17-20/h1-3,5-6,10,14,17,21-22H,4,7-9,11-13,15-16,18H2. The van der Waals surface area contributed by atoms with Crippen LogP contribution in [0.5, 0.6) is 0 Å². The van der Waals surface area contributed by atoms with E-state index in [9.17, 15) is 0 Å². The van der Waals surface area contributed by atoms with Crippen molar-refractivity contribution in [3.05, 3.63) is 65.9 Å². The van der Waals surface area contributed by atoms with E-state index in [1.807, 2.05) is 6.26 Å². The van der Waals surface area contributed by atoms with Gasteiger partial charge in [-0.25, -0.2) is 0 Å². The number of likely N-dealkylation sites (tertiary alicyclic amines) is 1. The van der Waals surface area contributed by atoms with Crippen LogP contribution in [-0.2, 0) is 17.8 Å². The van der Waals surface area contributed by atoms with E-state index in [2.05, 4.69) is 51.0 Å². The lowest BCUT2D eigenvalue weighted by molar-refractivity contribution is 0.129. The summed E-state index contributed by atoms with van der Waals surface area (Å²) in [5, 5.41) is 10.3. The largest absolute Gasteiger partial charge is 0.472 e. The maximum Gasteiger partial charge on any atom is 0.191 e. The number of piperidine rings is 1. The first-order chi connectivity index (χ1) is 15.3. The van der Waals surface area contributed by atoms with Gasteiger partial charge in [0.15, 0.2) is 5.16 Å². The highest BCUT2D eigenvalue weighted by Crippen LogP contribution is 2.31. The molecule has 0 saturated carbocycles. The fourth-order valence-corrected chi connectivity index (χ4v) is 5.57. The van der Waals surface area contributed by atoms with E-state index in [-0.39, 0.29) is 0 Å². The lowest BCUT2D eigenvalue weighted by atomic mass is 9.95. The molecule has 2 fully saturated rings. The zero-order valence-corrected chi connectivity index (χ0v) is 18.7. The van der Waals surface area contributed by atoms with Crippen LogP contribution >= 0.6 is 11.8 Å². The highest BCUT2D eigenvalue weighted by Gasteiger charge is 2.27. The molecule has 5 rings (SSSR count). The molecule has 4 heterocycles. The van der Waals surface area contributed by atoms with Crippen LogP contribution in [0.25, 0.3) is 0 Å². The van der Waals surface area contributed by atoms with E-state index >= 15 is 0 Å². The molecule has 0 aliphatic carbocycles. The molecule has 0 spiro atoms. The summed E-state index contributed by atoms with van der Waals surface area (Å²) in [5.41, 5.74) is 2.54. The first-order valence-corrected chi connectivity index (χ1v) is 12.3. The summed E-state index contributed by atoms with van der Waals surface area (Å²) in [5.74, 6) is 2.55. The molecule has 1 aromatic carbocycles. The summed E-state index contributed by atoms with van der Waals surface area (Å²) in [7, 11) is 0. The summed E-state index contributed by atoms with van der Waals surface area (Å²) in [6.45, 7) is 4.83. The molecule has 31 heavy (non-hydrogen) atoms. The van der Waals surface area contributed by atoms with Gasteiger partial charge in [-0.3, -0.25) is 4.90 Å². The van der Waals surface area contributed by atoms with Crippen molar-refractivity contribution in [3.63, 3.8) is 0 Å². The Morgan fingerprint density at radius 2 is 1.84 bits per heavy atom. The Hall–Kier alpha value is -2.09. The fraction of sp³-hybridized carbons (Fsp3) is 0.500. The molecule has 0 radical (unpaired) electrons. The molecule has 0 amide bonds. The molecule has 164 valence electrons. The Balaban J connectivity index is 1.29. The molecule has 0 N–H and O–H groups in total. The average molecular weight is 439 g/mol. The van der Waals surface area contributed by atoms with Crippen LogP contribution in [0.15, 0.2) is 58.5 Å². The van der Waals surface area contributed by atoms with Gasteiger partial charge in [-0.2, -0.15) is 0 Å². The summed E-state index contributed by atoms with van der Waals surface area (Å²) < 4.78 is 13.4. The summed E-state index contributed by atoms with van der Waals surface area (Å²) >= 11 is 1.80. The number of hydrogen-bond donors (Lipinski definition) is 0. The lowest BCUT2D eigenvalue weighted by Gasteiger charge is -2.31. The minimum Gasteiger partial charge on any atom is -0.472 e. The third-order valence-electron chi connectivity index (χ3n) is 6.29. The van der Waals surface area contributed by atoms with E-state index in [0.29, 0.717) is 12.0 Å². The molecular formula is C24H30N4O2S. The van der Waals surface area contributed by atoms with Gasteiger partial charge in [0.1, 0.15) is 5.82 Å². The SMILES string of the molecule is c1ccc(Cn2c(SCC3CCCO3)nnc2C2CCN(Cc3ccoc3)CC2)cc1. The van der Waals surface area contributed by atoms with Crippen LogP contribution in [0, 0.1) is 0 Å². The highest BCUT2D eigenvalue weighted by atomic mass is 32.2. The van der Waals surface area contributed by atoms with Gasteiger partial charge in [0.05, 0.1) is 25.2 Å².